The second-order valence-electron chi connectivity index (χ2n) is 10.3. The molecule has 1 unspecified atom stereocenters. The number of carbonyl (C=O) groups excluding carboxylic acids is 1. The number of imidazole rings is 1. The minimum absolute atomic E-state index is 0.00779. The Labute approximate surface area is 258 Å². The molecule has 0 aliphatic carbocycles. The van der Waals surface area contributed by atoms with Crippen molar-refractivity contribution in [3.63, 3.8) is 0 Å². The first-order valence-electron chi connectivity index (χ1n) is 13.9. The summed E-state index contributed by atoms with van der Waals surface area (Å²) in [5.74, 6) is -1.29. The van der Waals surface area contributed by atoms with Crippen molar-refractivity contribution in [2.75, 3.05) is 25.6 Å². The standard InChI is InChI=1S/C26H37FN9O8P/c1-7-40-22-20-21(31-25(28)32-22)36(14-30-20)24(26(6,13-37)34-35-29)43-16(4)12-41-45(39,33-17(5)23(38)42-15(2)3)44-19-10-8-18(27)9-11-19/h8-11,14-17,24,37H,7,12-13H2,1-6H3,(H,33,39)(H2,28,31,32)/t16-,17-,24+,26+,45?/m0/s1. The molecular weight excluding hydrogens is 616 g/mol. The molecule has 1 aromatic carbocycles. The molecule has 5 atom stereocenters. The highest BCUT2D eigenvalue weighted by atomic mass is 31.2. The Balaban J connectivity index is 1.93. The number of nitrogens with zero attached hydrogens (tertiary/aromatic N) is 7. The minimum atomic E-state index is -4.34. The predicted octanol–water partition coefficient (Wildman–Crippen LogP) is 4.04. The average Bonchev–Trinajstić information content (AvgIpc) is 3.39. The third kappa shape index (κ3) is 9.23. The molecule has 0 amide bonds. The fraction of sp³-hybridized carbons (Fsp3) is 0.538. The van der Waals surface area contributed by atoms with Crippen LogP contribution in [0.2, 0.25) is 0 Å². The van der Waals surface area contributed by atoms with Crippen LogP contribution < -0.4 is 20.1 Å². The Bertz CT molecular complexity index is 1550. The molecule has 45 heavy (non-hydrogen) atoms. The molecule has 0 fully saturated rings. The SMILES string of the molecule is CCOc1nc(N)nc2c1ncn2[C@H](O[C@@H](C)COP(=O)(N[C@@H](C)C(=O)OC(C)C)Oc1ccc(F)cc1)[C@@](C)(CO)N=[N+]=[N-]. The lowest BCUT2D eigenvalue weighted by Gasteiger charge is -2.35. The number of fused-ring (bicyclic) bond motifs is 1. The maximum atomic E-state index is 13.9. The van der Waals surface area contributed by atoms with Crippen molar-refractivity contribution in [3.8, 4) is 11.6 Å². The van der Waals surface area contributed by atoms with Crippen LogP contribution in [0.15, 0.2) is 35.7 Å². The number of aliphatic hydroxyl groups excluding tert-OH is 1. The number of halogens is 1. The normalized spacial score (nSPS) is 16.2. The van der Waals surface area contributed by atoms with Gasteiger partial charge in [0.1, 0.15) is 29.4 Å². The van der Waals surface area contributed by atoms with Crippen LogP contribution in [0, 0.1) is 5.82 Å². The number of aromatic nitrogens is 4. The van der Waals surface area contributed by atoms with Crippen molar-refractivity contribution in [1.29, 1.82) is 0 Å². The number of carbonyl (C=O) groups is 1. The van der Waals surface area contributed by atoms with Crippen molar-refractivity contribution >= 4 is 30.8 Å². The van der Waals surface area contributed by atoms with Crippen molar-refractivity contribution in [2.45, 2.75) is 71.6 Å². The van der Waals surface area contributed by atoms with Gasteiger partial charge in [-0.05, 0) is 71.3 Å². The number of aliphatic hydroxyl groups is 1. The summed E-state index contributed by atoms with van der Waals surface area (Å²) in [6, 6.07) is 3.54. The molecule has 0 saturated heterocycles. The van der Waals surface area contributed by atoms with E-state index in [4.69, 9.17) is 29.0 Å². The van der Waals surface area contributed by atoms with E-state index >= 15 is 0 Å². The minimum Gasteiger partial charge on any atom is -0.476 e. The number of benzene rings is 1. The molecule has 2 heterocycles. The van der Waals surface area contributed by atoms with Gasteiger partial charge in [0.2, 0.25) is 11.8 Å². The molecule has 3 rings (SSSR count). The lowest BCUT2D eigenvalue weighted by Crippen LogP contribution is -2.42. The smallest absolute Gasteiger partial charge is 0.459 e. The highest BCUT2D eigenvalue weighted by molar-refractivity contribution is 7.52. The highest BCUT2D eigenvalue weighted by Gasteiger charge is 2.39. The Kier molecular flexibility index (Phi) is 12.0. The van der Waals surface area contributed by atoms with E-state index in [1.807, 2.05) is 0 Å². The van der Waals surface area contributed by atoms with Gasteiger partial charge in [-0.25, -0.2) is 13.9 Å². The largest absolute Gasteiger partial charge is 0.476 e. The number of esters is 1. The Morgan fingerprint density at radius 3 is 2.56 bits per heavy atom. The molecule has 2 aromatic heterocycles. The van der Waals surface area contributed by atoms with Crippen molar-refractivity contribution < 1.29 is 42.1 Å². The van der Waals surface area contributed by atoms with Gasteiger partial charge in [0, 0.05) is 4.91 Å². The van der Waals surface area contributed by atoms with Crippen molar-refractivity contribution in [2.24, 2.45) is 5.11 Å². The van der Waals surface area contributed by atoms with Crippen LogP contribution in [-0.2, 0) is 23.4 Å². The quantitative estimate of drug-likeness (QED) is 0.0614. The number of hydrogen-bond acceptors (Lipinski definition) is 13. The second kappa shape index (κ2) is 15.3. The van der Waals surface area contributed by atoms with E-state index in [-0.39, 0.29) is 35.3 Å². The number of ether oxygens (including phenoxy) is 3. The summed E-state index contributed by atoms with van der Waals surface area (Å²) < 4.78 is 56.9. The van der Waals surface area contributed by atoms with Gasteiger partial charge >= 0.3 is 13.7 Å². The third-order valence-corrected chi connectivity index (χ3v) is 7.65. The van der Waals surface area contributed by atoms with Gasteiger partial charge in [-0.1, -0.05) is 5.11 Å². The monoisotopic (exact) mass is 653 g/mol. The summed E-state index contributed by atoms with van der Waals surface area (Å²) in [6.45, 7) is 8.64. The fourth-order valence-electron chi connectivity index (χ4n) is 3.90. The van der Waals surface area contributed by atoms with E-state index in [1.54, 1.807) is 27.7 Å². The zero-order chi connectivity index (χ0) is 33.4. The summed E-state index contributed by atoms with van der Waals surface area (Å²) in [7, 11) is -4.34. The van der Waals surface area contributed by atoms with Gasteiger partial charge in [0.05, 0.1) is 38.4 Å². The van der Waals surface area contributed by atoms with Crippen molar-refractivity contribution in [3.05, 3.63) is 46.9 Å². The molecule has 19 heteroatoms. The molecule has 0 radical (unpaired) electrons. The lowest BCUT2D eigenvalue weighted by atomic mass is 10.0. The molecule has 0 saturated carbocycles. The van der Waals surface area contributed by atoms with Gasteiger partial charge in [0.25, 0.3) is 0 Å². The van der Waals surface area contributed by atoms with E-state index in [0.717, 1.165) is 12.1 Å². The zero-order valence-electron chi connectivity index (χ0n) is 25.7. The van der Waals surface area contributed by atoms with Crippen LogP contribution >= 0.6 is 7.75 Å². The van der Waals surface area contributed by atoms with Crippen LogP contribution in [0.4, 0.5) is 10.3 Å². The summed E-state index contributed by atoms with van der Waals surface area (Å²) in [4.78, 5) is 27.9. The maximum absolute atomic E-state index is 13.9. The summed E-state index contributed by atoms with van der Waals surface area (Å²) in [5, 5.41) is 16.6. The van der Waals surface area contributed by atoms with E-state index in [1.165, 1.54) is 36.9 Å². The molecule has 0 aliphatic rings. The predicted molar refractivity (Wildman–Crippen MR) is 160 cm³/mol. The maximum Gasteiger partial charge on any atom is 0.459 e. The molecule has 246 valence electrons. The van der Waals surface area contributed by atoms with Gasteiger partial charge in [0.15, 0.2) is 11.2 Å². The van der Waals surface area contributed by atoms with Crippen LogP contribution in [0.1, 0.15) is 47.8 Å². The Hall–Kier alpha value is -4.05. The number of hydrogen-bond donors (Lipinski definition) is 3. The molecule has 0 aliphatic heterocycles. The van der Waals surface area contributed by atoms with Gasteiger partial charge in [-0.15, -0.1) is 0 Å². The van der Waals surface area contributed by atoms with Crippen LogP contribution in [0.25, 0.3) is 21.6 Å². The number of nitrogen functional groups attached to an aromatic ring is 1. The third-order valence-electron chi connectivity index (χ3n) is 6.00. The number of nitrogens with two attached hydrogens (primary N) is 1. The van der Waals surface area contributed by atoms with E-state index in [9.17, 15) is 24.4 Å². The molecule has 4 N–H and O–H groups in total. The van der Waals surface area contributed by atoms with Gasteiger partial charge < -0.3 is 29.6 Å². The number of rotatable bonds is 17. The topological polar surface area (TPSA) is 231 Å². The second-order valence-corrected chi connectivity index (χ2v) is 12.0. The van der Waals surface area contributed by atoms with Crippen LogP contribution in [0.5, 0.6) is 11.6 Å². The van der Waals surface area contributed by atoms with E-state index < -0.39 is 62.8 Å². The molecule has 17 nitrogen and oxygen atoms in total. The molecular formula is C26H37FN9O8P. The highest BCUT2D eigenvalue weighted by Crippen LogP contribution is 2.45. The first-order valence-corrected chi connectivity index (χ1v) is 15.4. The zero-order valence-corrected chi connectivity index (χ0v) is 26.5. The Morgan fingerprint density at radius 2 is 1.96 bits per heavy atom. The average molecular weight is 654 g/mol. The van der Waals surface area contributed by atoms with Crippen LogP contribution in [-0.4, -0.2) is 74.2 Å². The van der Waals surface area contributed by atoms with Gasteiger partial charge in [-0.2, -0.15) is 15.1 Å². The number of nitrogens with one attached hydrogen (secondary N) is 1. The van der Waals surface area contributed by atoms with E-state index in [2.05, 4.69) is 30.1 Å². The molecule has 0 spiro atoms. The van der Waals surface area contributed by atoms with Crippen molar-refractivity contribution in [1.82, 2.24) is 24.6 Å². The van der Waals surface area contributed by atoms with Gasteiger partial charge in [-0.3, -0.25) is 13.9 Å². The molecule has 0 bridgehead atoms. The first-order chi connectivity index (χ1) is 21.2. The summed E-state index contributed by atoms with van der Waals surface area (Å²) in [6.07, 6.45) is -1.32. The number of azide groups is 1. The first kappa shape index (κ1) is 35.4. The molecule has 3 aromatic rings. The summed E-state index contributed by atoms with van der Waals surface area (Å²) in [5.41, 5.74) is 14.0. The summed E-state index contributed by atoms with van der Waals surface area (Å²) >= 11 is 0. The van der Waals surface area contributed by atoms with E-state index in [0.29, 0.717) is 0 Å². The Morgan fingerprint density at radius 1 is 1.27 bits per heavy atom. The fourth-order valence-corrected chi connectivity index (χ4v) is 5.46. The lowest BCUT2D eigenvalue weighted by molar-refractivity contribution is -0.149. The van der Waals surface area contributed by atoms with Crippen LogP contribution in [0.3, 0.4) is 0 Å². The number of anilines is 1.